The molecule has 2 aliphatic heterocycles. The molecule has 2 aromatic rings. The van der Waals surface area contributed by atoms with E-state index in [1.165, 1.54) is 5.01 Å². The lowest BCUT2D eigenvalue weighted by Gasteiger charge is -2.25. The number of amides is 3. The highest BCUT2D eigenvalue weighted by Gasteiger charge is 2.39. The summed E-state index contributed by atoms with van der Waals surface area (Å²) in [6.45, 7) is 4.37. The van der Waals surface area contributed by atoms with Gasteiger partial charge < -0.3 is 10.2 Å². The van der Waals surface area contributed by atoms with Crippen LogP contribution in [0.2, 0.25) is 0 Å². The molecule has 0 aliphatic carbocycles. The number of carbonyl (C=O) groups is 2. The van der Waals surface area contributed by atoms with E-state index in [-0.39, 0.29) is 18.5 Å². The van der Waals surface area contributed by atoms with Crippen molar-refractivity contribution >= 4 is 17.6 Å². The maximum absolute atomic E-state index is 12.9. The number of benzene rings is 1. The Morgan fingerprint density at radius 3 is 2.42 bits per heavy atom. The second kappa shape index (κ2) is 8.80. The minimum atomic E-state index is -4.64. The van der Waals surface area contributed by atoms with Crippen LogP contribution in [-0.2, 0) is 11.0 Å². The number of nitrogens with one attached hydrogen (secondary N) is 1. The second-order valence-electron chi connectivity index (χ2n) is 8.15. The fourth-order valence-electron chi connectivity index (χ4n) is 3.89. The van der Waals surface area contributed by atoms with Crippen LogP contribution in [0.15, 0.2) is 41.8 Å². The van der Waals surface area contributed by atoms with Gasteiger partial charge >= 0.3 is 12.2 Å². The molecule has 3 amide bonds. The highest BCUT2D eigenvalue weighted by molar-refractivity contribution is 6.08. The molecule has 33 heavy (non-hydrogen) atoms. The molecule has 1 aromatic carbocycles. The Morgan fingerprint density at radius 1 is 1.18 bits per heavy atom. The monoisotopic (exact) mass is 460 g/mol. The van der Waals surface area contributed by atoms with E-state index in [9.17, 15) is 22.8 Å². The first-order valence-corrected chi connectivity index (χ1v) is 10.6. The molecule has 11 heteroatoms. The molecule has 0 spiro atoms. The average molecular weight is 460 g/mol. The summed E-state index contributed by atoms with van der Waals surface area (Å²) in [7, 11) is 0. The summed E-state index contributed by atoms with van der Waals surface area (Å²) in [5.41, 5.74) is 2.86. The van der Waals surface area contributed by atoms with Gasteiger partial charge in [-0.25, -0.2) is 19.8 Å². The smallest absolute Gasteiger partial charge is 0.332 e. The third kappa shape index (κ3) is 4.81. The van der Waals surface area contributed by atoms with Gasteiger partial charge in [-0.3, -0.25) is 4.79 Å². The van der Waals surface area contributed by atoms with Crippen LogP contribution in [0.1, 0.15) is 48.3 Å². The van der Waals surface area contributed by atoms with Crippen molar-refractivity contribution in [1.82, 2.24) is 25.2 Å². The van der Waals surface area contributed by atoms with Crippen LogP contribution >= 0.6 is 0 Å². The van der Waals surface area contributed by atoms with Gasteiger partial charge in [0.25, 0.3) is 0 Å². The molecule has 2 atom stereocenters. The molecule has 0 bridgehead atoms. The van der Waals surface area contributed by atoms with Gasteiger partial charge in [0.15, 0.2) is 0 Å². The number of aromatic nitrogens is 2. The molecule has 0 saturated carbocycles. The molecule has 3 heterocycles. The van der Waals surface area contributed by atoms with Gasteiger partial charge in [0.1, 0.15) is 0 Å². The van der Waals surface area contributed by atoms with Gasteiger partial charge in [-0.2, -0.15) is 18.3 Å². The van der Waals surface area contributed by atoms with Gasteiger partial charge in [0.05, 0.1) is 24.3 Å². The zero-order chi connectivity index (χ0) is 23.8. The van der Waals surface area contributed by atoms with Crippen molar-refractivity contribution in [2.24, 2.45) is 5.10 Å². The van der Waals surface area contributed by atoms with Crippen molar-refractivity contribution in [3.63, 3.8) is 0 Å². The Hall–Kier alpha value is -3.50. The van der Waals surface area contributed by atoms with Crippen LogP contribution in [0, 0.1) is 6.92 Å². The largest absolute Gasteiger partial charge is 0.451 e. The van der Waals surface area contributed by atoms with Crippen molar-refractivity contribution in [2.75, 3.05) is 13.1 Å². The highest BCUT2D eigenvalue weighted by atomic mass is 19.4. The van der Waals surface area contributed by atoms with Crippen molar-refractivity contribution < 1.29 is 22.8 Å². The maximum Gasteiger partial charge on any atom is 0.451 e. The van der Waals surface area contributed by atoms with Crippen LogP contribution < -0.4 is 5.32 Å². The summed E-state index contributed by atoms with van der Waals surface area (Å²) < 4.78 is 38.0. The van der Waals surface area contributed by atoms with Crippen LogP contribution in [-0.4, -0.2) is 56.7 Å². The second-order valence-corrected chi connectivity index (χ2v) is 8.15. The van der Waals surface area contributed by atoms with Gasteiger partial charge in [-0.05, 0) is 25.8 Å². The Balaban J connectivity index is 1.52. The van der Waals surface area contributed by atoms with Gasteiger partial charge in [0.2, 0.25) is 11.7 Å². The number of carbonyl (C=O) groups excluding carboxylic acids is 2. The zero-order valence-corrected chi connectivity index (χ0v) is 18.1. The average Bonchev–Trinajstić information content (AvgIpc) is 3.40. The van der Waals surface area contributed by atoms with Crippen molar-refractivity contribution in [3.05, 3.63) is 59.2 Å². The van der Waals surface area contributed by atoms with Crippen molar-refractivity contribution in [3.8, 4) is 0 Å². The first kappa shape index (κ1) is 22.7. The molecule has 174 valence electrons. The summed E-state index contributed by atoms with van der Waals surface area (Å²) in [5.74, 6) is -1.22. The Bertz CT molecular complexity index is 1070. The highest BCUT2D eigenvalue weighted by Crippen LogP contribution is 2.27. The predicted octanol–water partition coefficient (Wildman–Crippen LogP) is 3.29. The number of hydrogen-bond donors (Lipinski definition) is 1. The SMILES string of the molecule is Cc1ccc(C2=NN(C(=O)N[C@H](C)c3cnc(C(F)(F)F)nc3)C[C@H]2N2CCCC2=O)cc1. The van der Waals surface area contributed by atoms with Crippen molar-refractivity contribution in [1.29, 1.82) is 0 Å². The number of urea groups is 1. The standard InChI is InChI=1S/C22H23F3N6O2/c1-13-5-7-15(8-6-13)19-17(30-9-3-4-18(30)32)12-31(29-19)21(33)28-14(2)16-10-26-20(27-11-16)22(23,24)25/h5-8,10-11,14,17H,3-4,9,12H2,1-2H3,(H,28,33)/t14-,17-/m1/s1. The topological polar surface area (TPSA) is 90.8 Å². The number of hydrazone groups is 1. The van der Waals surface area contributed by atoms with E-state index in [4.69, 9.17) is 0 Å². The first-order valence-electron chi connectivity index (χ1n) is 10.6. The van der Waals surface area contributed by atoms with Crippen LogP contribution in [0.5, 0.6) is 0 Å². The number of hydrogen-bond acceptors (Lipinski definition) is 5. The molecule has 0 radical (unpaired) electrons. The van der Waals surface area contributed by atoms with E-state index in [0.717, 1.165) is 29.9 Å². The van der Waals surface area contributed by atoms with Crippen molar-refractivity contribution in [2.45, 2.75) is 44.9 Å². The molecular formula is C22H23F3N6O2. The third-order valence-electron chi connectivity index (χ3n) is 5.72. The lowest BCUT2D eigenvalue weighted by molar-refractivity contribution is -0.145. The molecular weight excluding hydrogens is 437 g/mol. The van der Waals surface area contributed by atoms with E-state index < -0.39 is 24.1 Å². The molecule has 0 unspecified atom stereocenters. The number of rotatable bonds is 4. The molecule has 8 nitrogen and oxygen atoms in total. The summed E-state index contributed by atoms with van der Waals surface area (Å²) in [5, 5.41) is 8.48. The fourth-order valence-corrected chi connectivity index (χ4v) is 3.89. The minimum absolute atomic E-state index is 0.0253. The quantitative estimate of drug-likeness (QED) is 0.758. The lowest BCUT2D eigenvalue weighted by atomic mass is 10.0. The number of likely N-dealkylation sites (tertiary alicyclic amines) is 1. The Kier molecular flexibility index (Phi) is 6.05. The maximum atomic E-state index is 12.9. The molecule has 2 aliphatic rings. The summed E-state index contributed by atoms with van der Waals surface area (Å²) in [6.07, 6.45) is -1.33. The molecule has 1 N–H and O–H groups in total. The minimum Gasteiger partial charge on any atom is -0.332 e. The van der Waals surface area contributed by atoms with Crippen LogP contribution in [0.25, 0.3) is 0 Å². The summed E-state index contributed by atoms with van der Waals surface area (Å²) in [4.78, 5) is 33.7. The van der Waals surface area contributed by atoms with Gasteiger partial charge in [-0.1, -0.05) is 29.8 Å². The van der Waals surface area contributed by atoms with E-state index in [1.807, 2.05) is 31.2 Å². The number of aryl methyl sites for hydroxylation is 1. The Labute approximate surface area is 188 Å². The number of alkyl halides is 3. The first-order chi connectivity index (χ1) is 15.6. The third-order valence-corrected chi connectivity index (χ3v) is 5.72. The lowest BCUT2D eigenvalue weighted by Crippen LogP contribution is -2.46. The number of halogens is 3. The van der Waals surface area contributed by atoms with Crippen LogP contribution in [0.4, 0.5) is 18.0 Å². The van der Waals surface area contributed by atoms with E-state index >= 15 is 0 Å². The number of nitrogens with zero attached hydrogens (tertiary/aromatic N) is 5. The summed E-state index contributed by atoms with van der Waals surface area (Å²) in [6, 6.07) is 6.16. The zero-order valence-electron chi connectivity index (χ0n) is 18.1. The van der Waals surface area contributed by atoms with E-state index in [1.54, 1.807) is 11.8 Å². The molecule has 1 saturated heterocycles. The van der Waals surface area contributed by atoms with Crippen LogP contribution in [0.3, 0.4) is 0 Å². The van der Waals surface area contributed by atoms with E-state index in [2.05, 4.69) is 20.4 Å². The van der Waals surface area contributed by atoms with Gasteiger partial charge in [-0.15, -0.1) is 0 Å². The molecule has 4 rings (SSSR count). The molecule has 1 fully saturated rings. The fraction of sp³-hybridized carbons (Fsp3) is 0.409. The Morgan fingerprint density at radius 2 is 1.85 bits per heavy atom. The normalized spacial score (nSPS) is 19.6. The van der Waals surface area contributed by atoms with E-state index in [0.29, 0.717) is 24.2 Å². The summed E-state index contributed by atoms with van der Waals surface area (Å²) >= 11 is 0. The predicted molar refractivity (Wildman–Crippen MR) is 113 cm³/mol. The van der Waals surface area contributed by atoms with Gasteiger partial charge in [0, 0.05) is 30.9 Å². The molecule has 1 aromatic heterocycles.